The zero-order chi connectivity index (χ0) is 24.5. The summed E-state index contributed by atoms with van der Waals surface area (Å²) in [5.74, 6) is -2.26. The molecule has 2 aromatic rings. The molecule has 1 aliphatic rings. The molecule has 3 amide bonds. The SMILES string of the molecule is CC(C)C(NC(=O)OCc1ccccc1)C(=O)NC1CCc2ncc(s2)CCCNC(=O)C1=O. The van der Waals surface area contributed by atoms with E-state index in [1.165, 1.54) is 0 Å². The molecule has 10 heteroatoms. The zero-order valence-corrected chi connectivity index (χ0v) is 20.2. The van der Waals surface area contributed by atoms with Crippen LogP contribution in [0.25, 0.3) is 0 Å². The molecule has 9 nitrogen and oxygen atoms in total. The molecule has 0 saturated heterocycles. The van der Waals surface area contributed by atoms with E-state index in [1.807, 2.05) is 36.5 Å². The molecule has 2 unspecified atom stereocenters. The van der Waals surface area contributed by atoms with Crippen LogP contribution < -0.4 is 16.0 Å². The maximum atomic E-state index is 13.0. The summed E-state index contributed by atoms with van der Waals surface area (Å²) in [5.41, 5.74) is 0.818. The van der Waals surface area contributed by atoms with E-state index in [0.717, 1.165) is 21.9 Å². The number of aryl methyl sites for hydroxylation is 2. The normalized spacial score (nSPS) is 17.7. The number of rotatable bonds is 6. The van der Waals surface area contributed by atoms with Crippen molar-refractivity contribution >= 4 is 35.0 Å². The van der Waals surface area contributed by atoms with Crippen LogP contribution in [0, 0.1) is 5.92 Å². The molecule has 0 radical (unpaired) electrons. The molecule has 0 spiro atoms. The lowest BCUT2D eigenvalue weighted by Gasteiger charge is -2.24. The number of carbonyl (C=O) groups excluding carboxylic acids is 4. The minimum absolute atomic E-state index is 0.0657. The number of Topliss-reactive ketones (excluding diaryl/α,β-unsaturated/α-hetero) is 1. The molecular weight excluding hydrogens is 456 g/mol. The summed E-state index contributed by atoms with van der Waals surface area (Å²) in [6, 6.07) is 7.22. The average Bonchev–Trinajstić information content (AvgIpc) is 3.28. The van der Waals surface area contributed by atoms with Crippen molar-refractivity contribution in [3.05, 3.63) is 52.0 Å². The number of thiazole rings is 1. The predicted octanol–water partition coefficient (Wildman–Crippen LogP) is 2.14. The zero-order valence-electron chi connectivity index (χ0n) is 19.3. The average molecular weight is 487 g/mol. The van der Waals surface area contributed by atoms with Gasteiger partial charge in [-0.15, -0.1) is 11.3 Å². The van der Waals surface area contributed by atoms with Crippen molar-refractivity contribution in [2.45, 2.75) is 58.2 Å². The van der Waals surface area contributed by atoms with Gasteiger partial charge in [0.05, 0.1) is 11.0 Å². The molecule has 3 rings (SSSR count). The quantitative estimate of drug-likeness (QED) is 0.537. The lowest BCUT2D eigenvalue weighted by Crippen LogP contribution is -2.55. The lowest BCUT2D eigenvalue weighted by atomic mass is 10.0. The second-order valence-electron chi connectivity index (χ2n) is 8.47. The van der Waals surface area contributed by atoms with Gasteiger partial charge < -0.3 is 20.7 Å². The summed E-state index contributed by atoms with van der Waals surface area (Å²) in [6.07, 6.45) is 3.24. The van der Waals surface area contributed by atoms with Crippen LogP contribution in [0.15, 0.2) is 36.5 Å². The van der Waals surface area contributed by atoms with Crippen LogP contribution in [0.1, 0.15) is 42.1 Å². The summed E-state index contributed by atoms with van der Waals surface area (Å²) < 4.78 is 5.23. The number of carbonyl (C=O) groups is 4. The predicted molar refractivity (Wildman–Crippen MR) is 127 cm³/mol. The summed E-state index contributed by atoms with van der Waals surface area (Å²) in [4.78, 5) is 56.0. The Balaban J connectivity index is 1.64. The molecule has 2 heterocycles. The van der Waals surface area contributed by atoms with Crippen LogP contribution in [0.5, 0.6) is 0 Å². The van der Waals surface area contributed by atoms with Gasteiger partial charge in [-0.05, 0) is 30.7 Å². The number of benzene rings is 1. The van der Waals surface area contributed by atoms with Gasteiger partial charge in [-0.3, -0.25) is 14.4 Å². The second kappa shape index (κ2) is 12.3. The molecule has 1 aliphatic heterocycles. The van der Waals surface area contributed by atoms with E-state index in [4.69, 9.17) is 4.74 Å². The summed E-state index contributed by atoms with van der Waals surface area (Å²) in [5, 5.41) is 8.72. The molecule has 34 heavy (non-hydrogen) atoms. The first-order valence-corrected chi connectivity index (χ1v) is 12.2. The number of aromatic nitrogens is 1. The van der Waals surface area contributed by atoms with Crippen LogP contribution in [0.3, 0.4) is 0 Å². The third-order valence-corrected chi connectivity index (χ3v) is 6.54. The van der Waals surface area contributed by atoms with Crippen molar-refractivity contribution in [3.63, 3.8) is 0 Å². The van der Waals surface area contributed by atoms with Gasteiger partial charge in [0, 0.05) is 24.0 Å². The maximum Gasteiger partial charge on any atom is 0.408 e. The van der Waals surface area contributed by atoms with Crippen molar-refractivity contribution in [3.8, 4) is 0 Å². The smallest absolute Gasteiger partial charge is 0.408 e. The Bertz CT molecular complexity index is 1010. The standard InChI is InChI=1S/C24H30N4O5S/c1-15(2)20(28-24(32)33-14-16-7-4-3-5-8-16)22(30)27-18-10-11-19-26-13-17(34-19)9-6-12-25-23(31)21(18)29/h3-5,7-8,13,15,18,20H,6,9-12,14H2,1-2H3,(H,25,31)(H,27,30)(H,28,32). The monoisotopic (exact) mass is 486 g/mol. The van der Waals surface area contributed by atoms with E-state index in [-0.39, 0.29) is 18.9 Å². The largest absolute Gasteiger partial charge is 0.445 e. The van der Waals surface area contributed by atoms with Crippen LogP contribution in [-0.4, -0.2) is 47.3 Å². The minimum atomic E-state index is -1.03. The topological polar surface area (TPSA) is 126 Å². The van der Waals surface area contributed by atoms with Crippen molar-refractivity contribution in [2.75, 3.05) is 6.54 Å². The molecule has 2 bridgehead atoms. The molecule has 182 valence electrons. The highest BCUT2D eigenvalue weighted by Gasteiger charge is 2.32. The van der Waals surface area contributed by atoms with Crippen molar-refractivity contribution < 1.29 is 23.9 Å². The highest BCUT2D eigenvalue weighted by atomic mass is 32.1. The van der Waals surface area contributed by atoms with Crippen molar-refractivity contribution in [1.82, 2.24) is 20.9 Å². The van der Waals surface area contributed by atoms with E-state index in [9.17, 15) is 19.2 Å². The highest BCUT2D eigenvalue weighted by Crippen LogP contribution is 2.18. The molecule has 0 fully saturated rings. The van der Waals surface area contributed by atoms with Crippen LogP contribution in [-0.2, 0) is 38.6 Å². The van der Waals surface area contributed by atoms with E-state index in [0.29, 0.717) is 19.4 Å². The van der Waals surface area contributed by atoms with Crippen LogP contribution in [0.2, 0.25) is 0 Å². The fourth-order valence-corrected chi connectivity index (χ4v) is 4.49. The highest BCUT2D eigenvalue weighted by molar-refractivity contribution is 7.11. The van der Waals surface area contributed by atoms with E-state index < -0.39 is 35.8 Å². The van der Waals surface area contributed by atoms with Gasteiger partial charge in [0.15, 0.2) is 0 Å². The van der Waals surface area contributed by atoms with Gasteiger partial charge in [0.25, 0.3) is 5.91 Å². The second-order valence-corrected chi connectivity index (χ2v) is 9.67. The summed E-state index contributed by atoms with van der Waals surface area (Å²) >= 11 is 1.57. The summed E-state index contributed by atoms with van der Waals surface area (Å²) in [6.45, 7) is 3.97. The fraction of sp³-hybridized carbons (Fsp3) is 0.458. The van der Waals surface area contributed by atoms with Gasteiger partial charge in [-0.2, -0.15) is 0 Å². The fourth-order valence-electron chi connectivity index (χ4n) is 3.51. The van der Waals surface area contributed by atoms with Crippen molar-refractivity contribution in [1.29, 1.82) is 0 Å². The first-order valence-electron chi connectivity index (χ1n) is 11.4. The number of ether oxygens (including phenoxy) is 1. The van der Waals surface area contributed by atoms with Crippen LogP contribution >= 0.6 is 11.3 Å². The molecule has 3 N–H and O–H groups in total. The van der Waals surface area contributed by atoms with E-state index in [2.05, 4.69) is 20.9 Å². The third-order valence-electron chi connectivity index (χ3n) is 5.43. The molecule has 2 atom stereocenters. The number of amides is 3. The number of fused-ring (bicyclic) bond motifs is 2. The summed E-state index contributed by atoms with van der Waals surface area (Å²) in [7, 11) is 0. The number of ketones is 1. The Kier molecular flexibility index (Phi) is 9.15. The molecular formula is C24H30N4O5S. The number of nitrogens with zero attached hydrogens (tertiary/aromatic N) is 1. The molecule has 0 aliphatic carbocycles. The maximum absolute atomic E-state index is 13.0. The number of hydrogen-bond donors (Lipinski definition) is 3. The molecule has 0 saturated carbocycles. The number of alkyl carbamates (subject to hydrolysis) is 1. The van der Waals surface area contributed by atoms with Gasteiger partial charge in [-0.1, -0.05) is 44.2 Å². The van der Waals surface area contributed by atoms with Gasteiger partial charge in [0.2, 0.25) is 11.7 Å². The molecule has 1 aromatic carbocycles. The number of hydrogen-bond acceptors (Lipinski definition) is 7. The Morgan fingerprint density at radius 1 is 1.21 bits per heavy atom. The number of nitrogens with one attached hydrogen (secondary N) is 3. The Morgan fingerprint density at radius 3 is 2.71 bits per heavy atom. The Labute approximate surface area is 202 Å². The lowest BCUT2D eigenvalue weighted by molar-refractivity contribution is -0.140. The van der Waals surface area contributed by atoms with Gasteiger partial charge >= 0.3 is 6.09 Å². The third kappa shape index (κ3) is 7.38. The first-order chi connectivity index (χ1) is 16.3. The molecule has 1 aromatic heterocycles. The van der Waals surface area contributed by atoms with Gasteiger partial charge in [-0.25, -0.2) is 9.78 Å². The van der Waals surface area contributed by atoms with Gasteiger partial charge in [0.1, 0.15) is 12.6 Å². The van der Waals surface area contributed by atoms with Crippen LogP contribution in [0.4, 0.5) is 4.79 Å². The van der Waals surface area contributed by atoms with Crippen molar-refractivity contribution in [2.24, 2.45) is 5.92 Å². The minimum Gasteiger partial charge on any atom is -0.445 e. The van der Waals surface area contributed by atoms with E-state index in [1.54, 1.807) is 25.2 Å². The first kappa shape index (κ1) is 25.4. The Hall–Kier alpha value is -3.27. The Morgan fingerprint density at radius 2 is 1.97 bits per heavy atom. The van der Waals surface area contributed by atoms with E-state index >= 15 is 0 Å².